The Morgan fingerprint density at radius 1 is 1.32 bits per heavy atom. The number of hydrogen-bond donors (Lipinski definition) is 1. The third-order valence-corrected chi connectivity index (χ3v) is 3.22. The molecule has 0 aliphatic carbocycles. The first-order chi connectivity index (χ1) is 9.20. The molecule has 0 radical (unpaired) electrons. The van der Waals surface area contributed by atoms with Gasteiger partial charge >= 0.3 is 0 Å². The average Bonchev–Trinajstić information content (AvgIpc) is 2.87. The lowest BCUT2D eigenvalue weighted by Gasteiger charge is -2.05. The summed E-state index contributed by atoms with van der Waals surface area (Å²) in [6.45, 7) is 8.10. The van der Waals surface area contributed by atoms with E-state index in [1.807, 2.05) is 12.1 Å². The molecule has 0 bridgehead atoms. The van der Waals surface area contributed by atoms with E-state index in [1.54, 1.807) is 0 Å². The maximum absolute atomic E-state index is 5.33. The maximum Gasteiger partial charge on any atom is 0.230 e. The Bertz CT molecular complexity index is 522. The van der Waals surface area contributed by atoms with Crippen LogP contribution in [0.15, 0.2) is 28.8 Å². The molecule has 1 aromatic heterocycles. The van der Waals surface area contributed by atoms with Crippen molar-refractivity contribution in [3.63, 3.8) is 0 Å². The summed E-state index contributed by atoms with van der Waals surface area (Å²) >= 11 is 0. The fraction of sp³-hybridized carbons (Fsp3) is 0.467. The Hall–Kier alpha value is -1.68. The average molecular weight is 259 g/mol. The van der Waals surface area contributed by atoms with Gasteiger partial charge in [0.15, 0.2) is 5.82 Å². The van der Waals surface area contributed by atoms with E-state index in [0.717, 1.165) is 25.3 Å². The Morgan fingerprint density at radius 3 is 2.84 bits per heavy atom. The summed E-state index contributed by atoms with van der Waals surface area (Å²) in [6, 6.07) is 8.29. The summed E-state index contributed by atoms with van der Waals surface area (Å²) in [4.78, 5) is 4.48. The summed E-state index contributed by atoms with van der Waals surface area (Å²) in [5.74, 6) is 1.72. The number of rotatable bonds is 6. The molecule has 0 saturated heterocycles. The lowest BCUT2D eigenvalue weighted by molar-refractivity contribution is 0.352. The largest absolute Gasteiger partial charge is 0.339 e. The highest BCUT2D eigenvalue weighted by molar-refractivity contribution is 5.28. The van der Waals surface area contributed by atoms with E-state index in [1.165, 1.54) is 11.1 Å². The topological polar surface area (TPSA) is 51.0 Å². The standard InChI is InChI=1S/C15H21N3O/c1-4-16-10-12(3)15-17-14(18-19-15)9-13-8-6-5-7-11(13)2/h5-8,12,16H,4,9-10H2,1-3H3. The SMILES string of the molecule is CCNCC(C)c1nc(Cc2ccccc2C)no1. The predicted molar refractivity (Wildman–Crippen MR) is 75.2 cm³/mol. The zero-order chi connectivity index (χ0) is 13.7. The third kappa shape index (κ3) is 3.64. The second-order valence-electron chi connectivity index (χ2n) is 4.86. The molecule has 1 atom stereocenters. The predicted octanol–water partition coefficient (Wildman–Crippen LogP) is 2.68. The number of benzene rings is 1. The first kappa shape index (κ1) is 13.7. The van der Waals surface area contributed by atoms with Gasteiger partial charge in [-0.05, 0) is 24.6 Å². The van der Waals surface area contributed by atoms with Gasteiger partial charge in [0, 0.05) is 18.9 Å². The Kier molecular flexibility index (Phi) is 4.68. The van der Waals surface area contributed by atoms with Crippen molar-refractivity contribution < 1.29 is 4.52 Å². The lowest BCUT2D eigenvalue weighted by Crippen LogP contribution is -2.19. The van der Waals surface area contributed by atoms with Crippen molar-refractivity contribution in [1.29, 1.82) is 0 Å². The molecule has 0 fully saturated rings. The smallest absolute Gasteiger partial charge is 0.230 e. The highest BCUT2D eigenvalue weighted by Gasteiger charge is 2.14. The van der Waals surface area contributed by atoms with E-state index in [2.05, 4.69) is 48.4 Å². The number of nitrogens with zero attached hydrogens (tertiary/aromatic N) is 2. The molecule has 19 heavy (non-hydrogen) atoms. The number of aromatic nitrogens is 2. The molecule has 1 unspecified atom stereocenters. The van der Waals surface area contributed by atoms with Crippen molar-refractivity contribution in [2.45, 2.75) is 33.1 Å². The minimum absolute atomic E-state index is 0.248. The fourth-order valence-corrected chi connectivity index (χ4v) is 1.97. The van der Waals surface area contributed by atoms with Crippen LogP contribution in [-0.2, 0) is 6.42 Å². The van der Waals surface area contributed by atoms with Gasteiger partial charge in [0.1, 0.15) is 0 Å². The molecular weight excluding hydrogens is 238 g/mol. The highest BCUT2D eigenvalue weighted by Crippen LogP contribution is 2.15. The van der Waals surface area contributed by atoms with Crippen LogP contribution in [0, 0.1) is 6.92 Å². The molecule has 4 nitrogen and oxygen atoms in total. The number of nitrogens with one attached hydrogen (secondary N) is 1. The molecule has 2 aromatic rings. The van der Waals surface area contributed by atoms with E-state index < -0.39 is 0 Å². The zero-order valence-electron chi connectivity index (χ0n) is 11.8. The molecule has 0 aliphatic heterocycles. The number of likely N-dealkylation sites (N-methyl/N-ethyl adjacent to an activating group) is 1. The van der Waals surface area contributed by atoms with Crippen LogP contribution in [0.2, 0.25) is 0 Å². The van der Waals surface area contributed by atoms with Crippen LogP contribution >= 0.6 is 0 Å². The zero-order valence-corrected chi connectivity index (χ0v) is 11.8. The van der Waals surface area contributed by atoms with Crippen molar-refractivity contribution in [2.75, 3.05) is 13.1 Å². The Balaban J connectivity index is 2.03. The van der Waals surface area contributed by atoms with E-state index in [-0.39, 0.29) is 5.92 Å². The van der Waals surface area contributed by atoms with E-state index in [9.17, 15) is 0 Å². The third-order valence-electron chi connectivity index (χ3n) is 3.22. The summed E-state index contributed by atoms with van der Waals surface area (Å²) in [5, 5.41) is 7.35. The van der Waals surface area contributed by atoms with Gasteiger partial charge in [-0.25, -0.2) is 0 Å². The van der Waals surface area contributed by atoms with Crippen LogP contribution in [0.5, 0.6) is 0 Å². The lowest BCUT2D eigenvalue weighted by atomic mass is 10.1. The molecule has 1 aromatic carbocycles. The normalized spacial score (nSPS) is 12.6. The molecule has 102 valence electrons. The minimum Gasteiger partial charge on any atom is -0.339 e. The van der Waals surface area contributed by atoms with Crippen LogP contribution in [0.1, 0.15) is 42.6 Å². The van der Waals surface area contributed by atoms with Crippen LogP contribution in [-0.4, -0.2) is 23.2 Å². The van der Waals surface area contributed by atoms with Gasteiger partial charge in [-0.1, -0.05) is 43.3 Å². The van der Waals surface area contributed by atoms with Crippen molar-refractivity contribution in [3.8, 4) is 0 Å². The minimum atomic E-state index is 0.248. The van der Waals surface area contributed by atoms with Gasteiger partial charge in [-0.15, -0.1) is 0 Å². The van der Waals surface area contributed by atoms with Gasteiger partial charge in [0.2, 0.25) is 5.89 Å². The fourth-order valence-electron chi connectivity index (χ4n) is 1.97. The molecule has 1 N–H and O–H groups in total. The summed E-state index contributed by atoms with van der Waals surface area (Å²) < 4.78 is 5.33. The molecule has 0 spiro atoms. The van der Waals surface area contributed by atoms with Crippen LogP contribution in [0.25, 0.3) is 0 Å². The molecule has 1 heterocycles. The van der Waals surface area contributed by atoms with Gasteiger partial charge in [0.25, 0.3) is 0 Å². The van der Waals surface area contributed by atoms with Crippen molar-refractivity contribution in [3.05, 3.63) is 47.1 Å². The monoisotopic (exact) mass is 259 g/mol. The van der Waals surface area contributed by atoms with Crippen LogP contribution in [0.3, 0.4) is 0 Å². The summed E-state index contributed by atoms with van der Waals surface area (Å²) in [5.41, 5.74) is 2.50. The maximum atomic E-state index is 5.33. The molecule has 0 amide bonds. The van der Waals surface area contributed by atoms with Gasteiger partial charge in [-0.2, -0.15) is 4.98 Å². The quantitative estimate of drug-likeness (QED) is 0.866. The van der Waals surface area contributed by atoms with E-state index >= 15 is 0 Å². The molecule has 4 heteroatoms. The number of hydrogen-bond acceptors (Lipinski definition) is 4. The molecule has 0 saturated carbocycles. The Morgan fingerprint density at radius 2 is 2.11 bits per heavy atom. The van der Waals surface area contributed by atoms with Crippen LogP contribution in [0.4, 0.5) is 0 Å². The van der Waals surface area contributed by atoms with Crippen LogP contribution < -0.4 is 5.32 Å². The summed E-state index contributed by atoms with van der Waals surface area (Å²) in [6.07, 6.45) is 0.726. The number of aryl methyl sites for hydroxylation is 1. The van der Waals surface area contributed by atoms with E-state index in [4.69, 9.17) is 4.52 Å². The highest BCUT2D eigenvalue weighted by atomic mass is 16.5. The van der Waals surface area contributed by atoms with Crippen molar-refractivity contribution >= 4 is 0 Å². The second-order valence-corrected chi connectivity index (χ2v) is 4.86. The van der Waals surface area contributed by atoms with Crippen molar-refractivity contribution in [2.24, 2.45) is 0 Å². The van der Waals surface area contributed by atoms with Gasteiger partial charge < -0.3 is 9.84 Å². The van der Waals surface area contributed by atoms with E-state index in [0.29, 0.717) is 5.89 Å². The van der Waals surface area contributed by atoms with Crippen molar-refractivity contribution in [1.82, 2.24) is 15.5 Å². The summed E-state index contributed by atoms with van der Waals surface area (Å²) in [7, 11) is 0. The Labute approximate surface area is 114 Å². The molecule has 0 aliphatic rings. The first-order valence-corrected chi connectivity index (χ1v) is 6.78. The first-order valence-electron chi connectivity index (χ1n) is 6.78. The van der Waals surface area contributed by atoms with Gasteiger partial charge in [0.05, 0.1) is 0 Å². The second kappa shape index (κ2) is 6.48. The van der Waals surface area contributed by atoms with Gasteiger partial charge in [-0.3, -0.25) is 0 Å². The molecular formula is C15H21N3O. The molecule has 2 rings (SSSR count).